The summed E-state index contributed by atoms with van der Waals surface area (Å²) in [5.74, 6) is 1.19. The summed E-state index contributed by atoms with van der Waals surface area (Å²) in [4.78, 5) is 23.4. The van der Waals surface area contributed by atoms with Crippen LogP contribution in [-0.2, 0) is 9.59 Å². The standard InChI is InChI=1S/C14H22N4O2S2/c1-9-17-18-14(22-9)21-8-12(19)16-7-10-3-5-11(6-4-10)13(20)15-2/h10-11H,3-8H2,1-2H3,(H,15,20)(H,16,19). The lowest BCUT2D eigenvalue weighted by Gasteiger charge is -2.27. The lowest BCUT2D eigenvalue weighted by molar-refractivity contribution is -0.126. The molecule has 0 unspecified atom stereocenters. The maximum absolute atomic E-state index is 11.8. The molecule has 1 heterocycles. The first-order chi connectivity index (χ1) is 10.6. The Morgan fingerprint density at radius 3 is 2.59 bits per heavy atom. The van der Waals surface area contributed by atoms with Gasteiger partial charge in [0.1, 0.15) is 5.01 Å². The van der Waals surface area contributed by atoms with Crippen molar-refractivity contribution in [3.05, 3.63) is 5.01 Å². The molecule has 1 saturated carbocycles. The molecule has 1 aromatic heterocycles. The van der Waals surface area contributed by atoms with Gasteiger partial charge in [-0.05, 0) is 38.5 Å². The second kappa shape index (κ2) is 8.47. The first kappa shape index (κ1) is 17.2. The van der Waals surface area contributed by atoms with E-state index in [4.69, 9.17) is 0 Å². The molecule has 0 radical (unpaired) electrons. The molecule has 22 heavy (non-hydrogen) atoms. The van der Waals surface area contributed by atoms with Gasteiger partial charge in [-0.2, -0.15) is 0 Å². The fourth-order valence-corrected chi connectivity index (χ4v) is 4.25. The molecule has 0 aliphatic heterocycles. The molecule has 0 atom stereocenters. The Kier molecular flexibility index (Phi) is 6.63. The highest BCUT2D eigenvalue weighted by Crippen LogP contribution is 2.28. The van der Waals surface area contributed by atoms with Crippen LogP contribution in [0.3, 0.4) is 0 Å². The van der Waals surface area contributed by atoms with Crippen molar-refractivity contribution in [1.29, 1.82) is 0 Å². The number of aryl methyl sites for hydroxylation is 1. The minimum atomic E-state index is 0.0336. The van der Waals surface area contributed by atoms with Crippen LogP contribution in [-0.4, -0.2) is 41.4 Å². The minimum Gasteiger partial charge on any atom is -0.359 e. The van der Waals surface area contributed by atoms with Crippen LogP contribution in [0.15, 0.2) is 4.34 Å². The van der Waals surface area contributed by atoms with Crippen LogP contribution in [0.4, 0.5) is 0 Å². The van der Waals surface area contributed by atoms with Gasteiger partial charge in [0, 0.05) is 19.5 Å². The van der Waals surface area contributed by atoms with Crippen LogP contribution in [0.5, 0.6) is 0 Å². The molecule has 0 saturated heterocycles. The van der Waals surface area contributed by atoms with Crippen molar-refractivity contribution in [1.82, 2.24) is 20.8 Å². The van der Waals surface area contributed by atoms with Crippen LogP contribution < -0.4 is 10.6 Å². The van der Waals surface area contributed by atoms with Crippen molar-refractivity contribution in [2.75, 3.05) is 19.3 Å². The molecule has 2 rings (SSSR count). The number of hydrogen-bond acceptors (Lipinski definition) is 6. The van der Waals surface area contributed by atoms with Crippen LogP contribution in [0.25, 0.3) is 0 Å². The van der Waals surface area contributed by atoms with Gasteiger partial charge >= 0.3 is 0 Å². The van der Waals surface area contributed by atoms with Crippen molar-refractivity contribution in [2.45, 2.75) is 36.9 Å². The zero-order valence-electron chi connectivity index (χ0n) is 12.9. The van der Waals surface area contributed by atoms with Gasteiger partial charge in [0.2, 0.25) is 11.8 Å². The summed E-state index contributed by atoms with van der Waals surface area (Å²) in [7, 11) is 1.69. The maximum Gasteiger partial charge on any atom is 0.230 e. The monoisotopic (exact) mass is 342 g/mol. The molecule has 2 amide bonds. The van der Waals surface area contributed by atoms with Crippen LogP contribution in [0, 0.1) is 18.8 Å². The molecular weight excluding hydrogens is 320 g/mol. The van der Waals surface area contributed by atoms with E-state index in [2.05, 4.69) is 20.8 Å². The van der Waals surface area contributed by atoms with E-state index in [1.54, 1.807) is 7.05 Å². The Morgan fingerprint density at radius 2 is 2.00 bits per heavy atom. The molecule has 0 spiro atoms. The van der Waals surface area contributed by atoms with Crippen molar-refractivity contribution in [3.8, 4) is 0 Å². The van der Waals surface area contributed by atoms with Gasteiger partial charge in [-0.1, -0.05) is 23.1 Å². The van der Waals surface area contributed by atoms with Crippen LogP contribution in [0.1, 0.15) is 30.7 Å². The van der Waals surface area contributed by atoms with Gasteiger partial charge in [0.25, 0.3) is 0 Å². The number of amides is 2. The van der Waals surface area contributed by atoms with E-state index in [1.807, 2.05) is 6.92 Å². The number of carbonyl (C=O) groups excluding carboxylic acids is 2. The molecule has 8 heteroatoms. The predicted molar refractivity (Wildman–Crippen MR) is 87.9 cm³/mol. The number of hydrogen-bond donors (Lipinski definition) is 2. The summed E-state index contributed by atoms with van der Waals surface area (Å²) in [6.45, 7) is 2.60. The van der Waals surface area contributed by atoms with Gasteiger partial charge < -0.3 is 10.6 Å². The van der Waals surface area contributed by atoms with E-state index >= 15 is 0 Å². The highest BCUT2D eigenvalue weighted by atomic mass is 32.2. The Hall–Kier alpha value is -1.15. The topological polar surface area (TPSA) is 84.0 Å². The first-order valence-corrected chi connectivity index (χ1v) is 9.30. The molecule has 1 fully saturated rings. The quantitative estimate of drug-likeness (QED) is 0.767. The number of carbonyl (C=O) groups is 2. The largest absolute Gasteiger partial charge is 0.359 e. The molecular formula is C14H22N4O2S2. The van der Waals surface area contributed by atoms with E-state index in [-0.39, 0.29) is 17.7 Å². The van der Waals surface area contributed by atoms with E-state index in [0.717, 1.165) is 35.0 Å². The van der Waals surface area contributed by atoms with Crippen molar-refractivity contribution >= 4 is 34.9 Å². The smallest absolute Gasteiger partial charge is 0.230 e. The van der Waals surface area contributed by atoms with E-state index in [1.165, 1.54) is 23.1 Å². The van der Waals surface area contributed by atoms with E-state index in [0.29, 0.717) is 18.2 Å². The Balaban J connectivity index is 1.62. The van der Waals surface area contributed by atoms with Crippen LogP contribution >= 0.6 is 23.1 Å². The lowest BCUT2D eigenvalue weighted by Crippen LogP contribution is -2.35. The summed E-state index contributed by atoms with van der Waals surface area (Å²) in [6.07, 6.45) is 3.83. The summed E-state index contributed by atoms with van der Waals surface area (Å²) in [6, 6.07) is 0. The van der Waals surface area contributed by atoms with Gasteiger partial charge in [0.05, 0.1) is 5.75 Å². The van der Waals surface area contributed by atoms with Gasteiger partial charge in [-0.3, -0.25) is 9.59 Å². The first-order valence-electron chi connectivity index (χ1n) is 7.49. The fraction of sp³-hybridized carbons (Fsp3) is 0.714. The second-order valence-corrected chi connectivity index (χ2v) is 7.92. The third kappa shape index (κ3) is 5.24. The zero-order valence-corrected chi connectivity index (χ0v) is 14.6. The minimum absolute atomic E-state index is 0.0336. The number of nitrogens with one attached hydrogen (secondary N) is 2. The van der Waals surface area contributed by atoms with Crippen molar-refractivity contribution in [3.63, 3.8) is 0 Å². The fourth-order valence-electron chi connectivity index (χ4n) is 2.61. The molecule has 0 bridgehead atoms. The maximum atomic E-state index is 11.8. The zero-order chi connectivity index (χ0) is 15.9. The SMILES string of the molecule is CNC(=O)C1CCC(CNC(=O)CSc2nnc(C)s2)CC1. The highest BCUT2D eigenvalue weighted by molar-refractivity contribution is 8.01. The van der Waals surface area contributed by atoms with E-state index in [9.17, 15) is 9.59 Å². The summed E-state index contributed by atoms with van der Waals surface area (Å²) >= 11 is 2.93. The number of nitrogens with zero attached hydrogens (tertiary/aromatic N) is 2. The molecule has 122 valence electrons. The Morgan fingerprint density at radius 1 is 1.27 bits per heavy atom. The average Bonchev–Trinajstić information content (AvgIpc) is 2.96. The van der Waals surface area contributed by atoms with Gasteiger partial charge in [-0.25, -0.2) is 0 Å². The summed E-state index contributed by atoms with van der Waals surface area (Å²) < 4.78 is 0.832. The predicted octanol–water partition coefficient (Wildman–Crippen LogP) is 1.61. The second-order valence-electron chi connectivity index (χ2n) is 5.51. The molecule has 1 aliphatic rings. The number of rotatable bonds is 6. The van der Waals surface area contributed by atoms with E-state index < -0.39 is 0 Å². The molecule has 0 aromatic carbocycles. The third-order valence-corrected chi connectivity index (χ3v) is 5.86. The van der Waals surface area contributed by atoms with Gasteiger partial charge in [0.15, 0.2) is 4.34 Å². The average molecular weight is 342 g/mol. The molecule has 6 nitrogen and oxygen atoms in total. The molecule has 1 aliphatic carbocycles. The van der Waals surface area contributed by atoms with Crippen molar-refractivity contribution < 1.29 is 9.59 Å². The van der Waals surface area contributed by atoms with Gasteiger partial charge in [-0.15, -0.1) is 10.2 Å². The molecule has 2 N–H and O–H groups in total. The highest BCUT2D eigenvalue weighted by Gasteiger charge is 2.25. The Labute approximate surface area is 138 Å². The lowest BCUT2D eigenvalue weighted by atomic mass is 9.81. The normalized spacial score (nSPS) is 21.4. The van der Waals surface area contributed by atoms with Crippen molar-refractivity contribution in [2.24, 2.45) is 11.8 Å². The van der Waals surface area contributed by atoms with Crippen LogP contribution in [0.2, 0.25) is 0 Å². The number of thioether (sulfide) groups is 1. The summed E-state index contributed by atoms with van der Waals surface area (Å²) in [5, 5.41) is 14.5. The number of aromatic nitrogens is 2. The Bertz CT molecular complexity index is 513. The third-order valence-electron chi connectivity index (χ3n) is 3.89. The molecule has 1 aromatic rings. The summed E-state index contributed by atoms with van der Waals surface area (Å²) in [5.41, 5.74) is 0.